The third-order valence-electron chi connectivity index (χ3n) is 2.83. The Kier molecular flexibility index (Phi) is 2.87. The van der Waals surface area contributed by atoms with Gasteiger partial charge >= 0.3 is 0 Å². The molecule has 0 amide bonds. The fraction of sp³-hybridized carbons (Fsp3) is 0.0833. The lowest BCUT2D eigenvalue weighted by Crippen LogP contribution is -2.02. The van der Waals surface area contributed by atoms with Gasteiger partial charge in [-0.3, -0.25) is 4.40 Å². The van der Waals surface area contributed by atoms with Gasteiger partial charge in [0.25, 0.3) is 0 Å². The van der Waals surface area contributed by atoms with Crippen LogP contribution in [0.2, 0.25) is 0 Å². The van der Waals surface area contributed by atoms with Crippen LogP contribution in [-0.2, 0) is 9.84 Å². The second-order valence-corrected chi connectivity index (χ2v) is 6.36. The van der Waals surface area contributed by atoms with Gasteiger partial charge in [0.2, 0.25) is 5.88 Å². The van der Waals surface area contributed by atoms with Crippen LogP contribution in [0.3, 0.4) is 0 Å². The minimum atomic E-state index is -3.63. The van der Waals surface area contributed by atoms with Crippen LogP contribution in [0.1, 0.15) is 0 Å². The Hall–Kier alpha value is -2.55. The molecule has 0 aliphatic carbocycles. The normalized spacial score (nSPS) is 11.9. The molecule has 0 radical (unpaired) electrons. The van der Waals surface area contributed by atoms with Crippen LogP contribution in [0.5, 0.6) is 5.88 Å². The molecule has 7 nitrogen and oxygen atoms in total. The van der Waals surface area contributed by atoms with Crippen LogP contribution in [0.15, 0.2) is 35.6 Å². The molecule has 0 bridgehead atoms. The van der Waals surface area contributed by atoms with E-state index in [0.717, 1.165) is 12.5 Å². The molecule has 3 aromatic heterocycles. The van der Waals surface area contributed by atoms with Gasteiger partial charge in [-0.25, -0.2) is 22.8 Å². The lowest BCUT2D eigenvalue weighted by Gasteiger charge is -2.04. The Morgan fingerprint density at radius 1 is 1.24 bits per heavy atom. The van der Waals surface area contributed by atoms with Gasteiger partial charge in [-0.2, -0.15) is 4.98 Å². The van der Waals surface area contributed by atoms with Gasteiger partial charge in [0.15, 0.2) is 15.7 Å². The fourth-order valence-electron chi connectivity index (χ4n) is 1.87. The van der Waals surface area contributed by atoms with E-state index in [1.54, 1.807) is 0 Å². The van der Waals surface area contributed by atoms with Crippen LogP contribution in [0.4, 0.5) is 4.39 Å². The van der Waals surface area contributed by atoms with Crippen molar-refractivity contribution in [2.24, 2.45) is 0 Å². The predicted molar refractivity (Wildman–Crippen MR) is 71.0 cm³/mol. The minimum absolute atomic E-state index is 0.0398. The van der Waals surface area contributed by atoms with Crippen LogP contribution in [0, 0.1) is 5.82 Å². The number of sulfone groups is 1. The van der Waals surface area contributed by atoms with Crippen LogP contribution in [-0.4, -0.2) is 39.1 Å². The highest BCUT2D eigenvalue weighted by molar-refractivity contribution is 7.90. The molecule has 0 aliphatic rings. The summed E-state index contributed by atoms with van der Waals surface area (Å²) < 4.78 is 37.5. The average Bonchev–Trinajstić information content (AvgIpc) is 2.79. The van der Waals surface area contributed by atoms with Gasteiger partial charge in [-0.15, -0.1) is 0 Å². The van der Waals surface area contributed by atoms with Crippen molar-refractivity contribution in [1.29, 1.82) is 0 Å². The molecule has 3 rings (SSSR count). The summed E-state index contributed by atoms with van der Waals surface area (Å²) in [5.41, 5.74) is 0.807. The third-order valence-corrected chi connectivity index (χ3v) is 3.92. The number of aromatic hydroxyl groups is 1. The van der Waals surface area contributed by atoms with E-state index in [1.165, 1.54) is 28.9 Å². The zero-order chi connectivity index (χ0) is 15.2. The molecular weight excluding hydrogens is 299 g/mol. The molecule has 3 heterocycles. The summed E-state index contributed by atoms with van der Waals surface area (Å²) in [7, 11) is -3.63. The van der Waals surface area contributed by atoms with Crippen molar-refractivity contribution >= 4 is 15.5 Å². The Balaban J connectivity index is 2.20. The maximum atomic E-state index is 13.3. The number of halogens is 1. The van der Waals surface area contributed by atoms with E-state index in [1.807, 2.05) is 0 Å². The summed E-state index contributed by atoms with van der Waals surface area (Å²) in [4.78, 5) is 11.3. The number of aromatic nitrogens is 4. The van der Waals surface area contributed by atoms with Crippen molar-refractivity contribution in [2.45, 2.75) is 4.90 Å². The lowest BCUT2D eigenvalue weighted by atomic mass is 10.4. The summed E-state index contributed by atoms with van der Waals surface area (Å²) in [6.07, 6.45) is 4.55. The first kappa shape index (κ1) is 13.4. The molecule has 0 saturated heterocycles. The largest absolute Gasteiger partial charge is 0.492 e. The average molecular weight is 308 g/mol. The van der Waals surface area contributed by atoms with Gasteiger partial charge in [0, 0.05) is 12.5 Å². The molecular formula is C12H9FN4O3S. The van der Waals surface area contributed by atoms with Crippen molar-refractivity contribution in [3.8, 4) is 17.4 Å². The zero-order valence-electron chi connectivity index (χ0n) is 10.7. The van der Waals surface area contributed by atoms with Crippen molar-refractivity contribution in [3.05, 3.63) is 36.5 Å². The highest BCUT2D eigenvalue weighted by atomic mass is 32.2. The highest BCUT2D eigenvalue weighted by Gasteiger charge is 2.18. The van der Waals surface area contributed by atoms with Gasteiger partial charge in [-0.05, 0) is 12.1 Å². The maximum Gasteiger partial charge on any atom is 0.233 e. The van der Waals surface area contributed by atoms with Gasteiger partial charge in [0.05, 0.1) is 12.4 Å². The fourth-order valence-corrected chi connectivity index (χ4v) is 2.49. The minimum Gasteiger partial charge on any atom is -0.492 e. The number of pyridine rings is 1. The number of imidazole rings is 1. The second kappa shape index (κ2) is 4.48. The molecule has 21 heavy (non-hydrogen) atoms. The Bertz CT molecular complexity index is 952. The number of hydrogen-bond donors (Lipinski definition) is 1. The van der Waals surface area contributed by atoms with E-state index in [9.17, 15) is 17.9 Å². The number of rotatable bonds is 2. The lowest BCUT2D eigenvalue weighted by molar-refractivity contribution is 0.435. The SMILES string of the molecule is CS(=O)(=O)c1cnc(-c2cnc3ccc(F)cn23)nc1O. The Morgan fingerprint density at radius 2 is 2.00 bits per heavy atom. The Morgan fingerprint density at radius 3 is 2.67 bits per heavy atom. The first-order valence-corrected chi connectivity index (χ1v) is 7.64. The molecule has 108 valence electrons. The molecule has 0 aliphatic heterocycles. The van der Waals surface area contributed by atoms with E-state index in [0.29, 0.717) is 11.3 Å². The number of fused-ring (bicyclic) bond motifs is 1. The monoisotopic (exact) mass is 308 g/mol. The van der Waals surface area contributed by atoms with Crippen molar-refractivity contribution in [3.63, 3.8) is 0 Å². The van der Waals surface area contributed by atoms with Gasteiger partial charge in [0.1, 0.15) is 22.1 Å². The van der Waals surface area contributed by atoms with E-state index < -0.39 is 21.5 Å². The predicted octanol–water partition coefficient (Wildman–Crippen LogP) is 1.04. The summed E-state index contributed by atoms with van der Waals surface area (Å²) in [6, 6.07) is 2.74. The molecule has 0 saturated carbocycles. The summed E-state index contributed by atoms with van der Waals surface area (Å²) in [5.74, 6) is -1.09. The standard InChI is InChI=1S/C12H9FN4O3S/c1-21(19,20)9-5-15-11(16-12(9)18)8-4-14-10-3-2-7(13)6-17(8)10/h2-6H,1H3,(H,15,16,18). The topological polar surface area (TPSA) is 97.5 Å². The van der Waals surface area contributed by atoms with Crippen LogP contribution < -0.4 is 0 Å². The van der Waals surface area contributed by atoms with E-state index in [4.69, 9.17) is 0 Å². The Labute approximate surface area is 118 Å². The first-order chi connectivity index (χ1) is 9.86. The second-order valence-electron chi connectivity index (χ2n) is 4.37. The third kappa shape index (κ3) is 2.31. The van der Waals surface area contributed by atoms with E-state index >= 15 is 0 Å². The summed E-state index contributed by atoms with van der Waals surface area (Å²) in [5, 5.41) is 9.72. The van der Waals surface area contributed by atoms with E-state index in [2.05, 4.69) is 15.0 Å². The maximum absolute atomic E-state index is 13.3. The molecule has 0 unspecified atom stereocenters. The summed E-state index contributed by atoms with van der Waals surface area (Å²) >= 11 is 0. The smallest absolute Gasteiger partial charge is 0.233 e. The van der Waals surface area contributed by atoms with Gasteiger partial charge in [-0.1, -0.05) is 0 Å². The molecule has 3 aromatic rings. The molecule has 0 aromatic carbocycles. The van der Waals surface area contributed by atoms with Crippen molar-refractivity contribution in [1.82, 2.24) is 19.4 Å². The molecule has 0 spiro atoms. The van der Waals surface area contributed by atoms with Crippen molar-refractivity contribution in [2.75, 3.05) is 6.26 Å². The van der Waals surface area contributed by atoms with Crippen molar-refractivity contribution < 1.29 is 17.9 Å². The number of nitrogens with zero attached hydrogens (tertiary/aromatic N) is 4. The van der Waals surface area contributed by atoms with Gasteiger partial charge < -0.3 is 5.11 Å². The highest BCUT2D eigenvalue weighted by Crippen LogP contribution is 2.24. The molecule has 0 fully saturated rings. The molecule has 1 N–H and O–H groups in total. The first-order valence-electron chi connectivity index (χ1n) is 5.75. The quantitative estimate of drug-likeness (QED) is 0.759. The molecule has 0 atom stereocenters. The van der Waals surface area contributed by atoms with Crippen LogP contribution in [0.25, 0.3) is 17.2 Å². The van der Waals surface area contributed by atoms with E-state index in [-0.39, 0.29) is 10.7 Å². The van der Waals surface area contributed by atoms with Crippen LogP contribution >= 0.6 is 0 Å². The number of hydrogen-bond acceptors (Lipinski definition) is 6. The molecule has 9 heteroatoms. The summed E-state index contributed by atoms with van der Waals surface area (Å²) in [6.45, 7) is 0. The zero-order valence-corrected chi connectivity index (χ0v) is 11.5.